The number of rotatable bonds is 27. The summed E-state index contributed by atoms with van der Waals surface area (Å²) >= 11 is 0. The van der Waals surface area contributed by atoms with Gasteiger partial charge in [-0.05, 0) is 68.1 Å². The standard InChI is InChI=1S/C36H70O4/c1-29(2)23-21-27-39-34(37)26-20-18-16-14-12-10-9-11-13-15-17-19-25-33(31(5)6)35(32(7)8)36(38)40-28-22-24-30(3)4/h29-33,35H,9-28H2,1-8H3. The maximum Gasteiger partial charge on any atom is 0.309 e. The van der Waals surface area contributed by atoms with E-state index in [2.05, 4.69) is 55.4 Å². The molecule has 238 valence electrons. The van der Waals surface area contributed by atoms with Gasteiger partial charge in [-0.25, -0.2) is 0 Å². The molecule has 0 heterocycles. The first kappa shape index (κ1) is 38.9. The highest BCUT2D eigenvalue weighted by molar-refractivity contribution is 5.73. The van der Waals surface area contributed by atoms with Crippen LogP contribution in [0.5, 0.6) is 0 Å². The maximum atomic E-state index is 13.0. The van der Waals surface area contributed by atoms with Gasteiger partial charge in [0.25, 0.3) is 0 Å². The van der Waals surface area contributed by atoms with Crippen molar-refractivity contribution in [1.82, 2.24) is 0 Å². The van der Waals surface area contributed by atoms with Gasteiger partial charge < -0.3 is 9.47 Å². The molecule has 4 heteroatoms. The molecule has 0 spiro atoms. The van der Waals surface area contributed by atoms with Crippen LogP contribution in [0.3, 0.4) is 0 Å². The molecule has 40 heavy (non-hydrogen) atoms. The SMILES string of the molecule is CC(C)CCCOC(=O)CCCCCCCCCCCCCCC(C(C)C)C(C(=O)OCCCC(C)C)C(C)C. The minimum absolute atomic E-state index is 0.0155. The van der Waals surface area contributed by atoms with E-state index in [1.165, 1.54) is 64.2 Å². The van der Waals surface area contributed by atoms with Crippen LogP contribution < -0.4 is 0 Å². The molecule has 0 saturated carbocycles. The number of carbonyl (C=O) groups is 2. The molecule has 0 radical (unpaired) electrons. The minimum atomic E-state index is -0.0155. The summed E-state index contributed by atoms with van der Waals surface area (Å²) in [5.41, 5.74) is 0. The molecule has 0 fully saturated rings. The zero-order valence-electron chi connectivity index (χ0n) is 28.2. The molecule has 0 aromatic carbocycles. The summed E-state index contributed by atoms with van der Waals surface area (Å²) in [5.74, 6) is 2.62. The number of carbonyl (C=O) groups excluding carboxylic acids is 2. The van der Waals surface area contributed by atoms with Gasteiger partial charge in [0.05, 0.1) is 19.1 Å². The van der Waals surface area contributed by atoms with E-state index in [9.17, 15) is 9.59 Å². The molecular weight excluding hydrogens is 496 g/mol. The molecule has 0 bridgehead atoms. The number of hydrogen-bond donors (Lipinski definition) is 0. The Kier molecular flexibility index (Phi) is 25.0. The summed E-state index contributed by atoms with van der Waals surface area (Å²) in [5, 5.41) is 0. The van der Waals surface area contributed by atoms with E-state index in [0.29, 0.717) is 49.2 Å². The largest absolute Gasteiger partial charge is 0.466 e. The van der Waals surface area contributed by atoms with Crippen LogP contribution in [-0.2, 0) is 19.1 Å². The molecule has 2 unspecified atom stereocenters. The van der Waals surface area contributed by atoms with Crippen molar-refractivity contribution < 1.29 is 19.1 Å². The van der Waals surface area contributed by atoms with Crippen LogP contribution in [0.4, 0.5) is 0 Å². The van der Waals surface area contributed by atoms with E-state index in [-0.39, 0.29) is 17.9 Å². The van der Waals surface area contributed by atoms with Gasteiger partial charge in [-0.2, -0.15) is 0 Å². The van der Waals surface area contributed by atoms with Gasteiger partial charge >= 0.3 is 11.9 Å². The maximum absolute atomic E-state index is 13.0. The van der Waals surface area contributed by atoms with Crippen molar-refractivity contribution in [3.63, 3.8) is 0 Å². The number of hydrogen-bond acceptors (Lipinski definition) is 4. The monoisotopic (exact) mass is 567 g/mol. The van der Waals surface area contributed by atoms with Crippen molar-refractivity contribution in [2.75, 3.05) is 13.2 Å². The Balaban J connectivity index is 3.84. The highest BCUT2D eigenvalue weighted by Crippen LogP contribution is 2.33. The lowest BCUT2D eigenvalue weighted by Gasteiger charge is -2.31. The van der Waals surface area contributed by atoms with Crippen molar-refractivity contribution in [2.45, 2.75) is 171 Å². The second kappa shape index (κ2) is 25.6. The average Bonchev–Trinajstić information content (AvgIpc) is 2.87. The third-order valence-electron chi connectivity index (χ3n) is 8.34. The first-order valence-electron chi connectivity index (χ1n) is 17.4. The van der Waals surface area contributed by atoms with E-state index in [0.717, 1.165) is 44.9 Å². The van der Waals surface area contributed by atoms with Crippen LogP contribution in [0.25, 0.3) is 0 Å². The van der Waals surface area contributed by atoms with E-state index < -0.39 is 0 Å². The second-order valence-corrected chi connectivity index (χ2v) is 13.9. The molecule has 0 saturated heterocycles. The Morgan fingerprint density at radius 2 is 0.900 bits per heavy atom. The molecule has 0 rings (SSSR count). The predicted molar refractivity (Wildman–Crippen MR) is 171 cm³/mol. The Labute approximate surface area is 250 Å². The highest BCUT2D eigenvalue weighted by Gasteiger charge is 2.33. The normalized spacial score (nSPS) is 13.4. The van der Waals surface area contributed by atoms with E-state index >= 15 is 0 Å². The first-order chi connectivity index (χ1) is 19.1. The summed E-state index contributed by atoms with van der Waals surface area (Å²) in [6, 6.07) is 0. The smallest absolute Gasteiger partial charge is 0.309 e. The van der Waals surface area contributed by atoms with E-state index in [1.54, 1.807) is 0 Å². The minimum Gasteiger partial charge on any atom is -0.466 e. The average molecular weight is 567 g/mol. The summed E-state index contributed by atoms with van der Waals surface area (Å²) < 4.78 is 11.1. The third kappa shape index (κ3) is 22.6. The number of ether oxygens (including phenoxy) is 2. The molecule has 2 atom stereocenters. The van der Waals surface area contributed by atoms with Crippen LogP contribution in [0.15, 0.2) is 0 Å². The molecule has 0 aromatic rings. The van der Waals surface area contributed by atoms with E-state index in [4.69, 9.17) is 9.47 Å². The van der Waals surface area contributed by atoms with Gasteiger partial charge in [-0.1, -0.05) is 126 Å². The number of esters is 2. The summed E-state index contributed by atoms with van der Waals surface area (Å²) in [6.07, 6.45) is 21.0. The van der Waals surface area contributed by atoms with Gasteiger partial charge in [-0.3, -0.25) is 9.59 Å². The molecule has 0 aliphatic heterocycles. The zero-order chi connectivity index (χ0) is 30.2. The van der Waals surface area contributed by atoms with Crippen molar-refractivity contribution in [1.29, 1.82) is 0 Å². The van der Waals surface area contributed by atoms with Gasteiger partial charge in [0.1, 0.15) is 0 Å². The first-order valence-corrected chi connectivity index (χ1v) is 17.4. The van der Waals surface area contributed by atoms with Crippen LogP contribution in [0.2, 0.25) is 0 Å². The van der Waals surface area contributed by atoms with Crippen molar-refractivity contribution >= 4 is 11.9 Å². The fourth-order valence-electron chi connectivity index (χ4n) is 5.80. The Hall–Kier alpha value is -1.06. The van der Waals surface area contributed by atoms with Gasteiger partial charge in [0.2, 0.25) is 0 Å². The number of unbranched alkanes of at least 4 members (excludes halogenated alkanes) is 11. The van der Waals surface area contributed by atoms with E-state index in [1.807, 2.05) is 0 Å². The van der Waals surface area contributed by atoms with Crippen molar-refractivity contribution in [3.8, 4) is 0 Å². The molecule has 4 nitrogen and oxygen atoms in total. The zero-order valence-corrected chi connectivity index (χ0v) is 28.2. The summed E-state index contributed by atoms with van der Waals surface area (Å²) in [4.78, 5) is 24.7. The van der Waals surface area contributed by atoms with Crippen molar-refractivity contribution in [3.05, 3.63) is 0 Å². The Bertz CT molecular complexity index is 596. The molecule has 0 N–H and O–H groups in total. The predicted octanol–water partition coefficient (Wildman–Crippen LogP) is 11.0. The summed E-state index contributed by atoms with van der Waals surface area (Å²) in [6.45, 7) is 18.9. The second-order valence-electron chi connectivity index (χ2n) is 13.9. The van der Waals surface area contributed by atoms with Crippen molar-refractivity contribution in [2.24, 2.45) is 35.5 Å². The lowest BCUT2D eigenvalue weighted by molar-refractivity contribution is -0.153. The lowest BCUT2D eigenvalue weighted by Crippen LogP contribution is -2.33. The molecule has 0 aromatic heterocycles. The van der Waals surface area contributed by atoms with Gasteiger partial charge in [0, 0.05) is 6.42 Å². The molecule has 0 aliphatic carbocycles. The fraction of sp³-hybridized carbons (Fsp3) is 0.944. The van der Waals surface area contributed by atoms with Gasteiger partial charge in [-0.15, -0.1) is 0 Å². The molecule has 0 amide bonds. The fourth-order valence-corrected chi connectivity index (χ4v) is 5.80. The molecular formula is C36H70O4. The quantitative estimate of drug-likeness (QED) is 0.0733. The summed E-state index contributed by atoms with van der Waals surface area (Å²) in [7, 11) is 0. The lowest BCUT2D eigenvalue weighted by atomic mass is 9.74. The van der Waals surface area contributed by atoms with Crippen LogP contribution in [0.1, 0.15) is 171 Å². The third-order valence-corrected chi connectivity index (χ3v) is 8.34. The molecule has 0 aliphatic rings. The van der Waals surface area contributed by atoms with Gasteiger partial charge in [0.15, 0.2) is 0 Å². The Morgan fingerprint density at radius 1 is 0.475 bits per heavy atom. The van der Waals surface area contributed by atoms with Crippen LogP contribution in [-0.4, -0.2) is 25.2 Å². The topological polar surface area (TPSA) is 52.6 Å². The Morgan fingerprint density at radius 3 is 1.32 bits per heavy atom. The van der Waals surface area contributed by atoms with Crippen LogP contribution in [0, 0.1) is 35.5 Å². The van der Waals surface area contributed by atoms with Crippen LogP contribution >= 0.6 is 0 Å². The highest BCUT2D eigenvalue weighted by atomic mass is 16.5.